The van der Waals surface area contributed by atoms with Crippen LogP contribution in [0.3, 0.4) is 0 Å². The Bertz CT molecular complexity index is 1300. The van der Waals surface area contributed by atoms with Gasteiger partial charge in [0.25, 0.3) is 5.56 Å². The minimum atomic E-state index is -0.183. The number of hydrogen-bond acceptors (Lipinski definition) is 4. The van der Waals surface area contributed by atoms with Crippen LogP contribution in [-0.2, 0) is 13.7 Å². The average molecular weight is 395 g/mol. The third-order valence-electron chi connectivity index (χ3n) is 4.66. The van der Waals surface area contributed by atoms with E-state index in [1.54, 1.807) is 30.1 Å². The molecule has 0 saturated carbocycles. The van der Waals surface area contributed by atoms with Crippen molar-refractivity contribution in [3.63, 3.8) is 0 Å². The Kier molecular flexibility index (Phi) is 5.80. The van der Waals surface area contributed by atoms with Crippen LogP contribution < -0.4 is 21.0 Å². The first-order chi connectivity index (χ1) is 14.7. The molecular weight excluding hydrogens is 374 g/mol. The van der Waals surface area contributed by atoms with E-state index < -0.39 is 0 Å². The van der Waals surface area contributed by atoms with Crippen LogP contribution in [0.5, 0.6) is 5.88 Å². The largest absolute Gasteiger partial charge is 0.471 e. The molecule has 0 fully saturated rings. The van der Waals surface area contributed by atoms with Crippen LogP contribution in [0.1, 0.15) is 16.7 Å². The van der Waals surface area contributed by atoms with Crippen LogP contribution in [0.4, 0.5) is 0 Å². The van der Waals surface area contributed by atoms with E-state index in [-0.39, 0.29) is 5.56 Å². The number of nitrogens with zero attached hydrogens (tertiary/aromatic N) is 3. The van der Waals surface area contributed by atoms with Gasteiger partial charge in [-0.1, -0.05) is 60.7 Å². The van der Waals surface area contributed by atoms with Gasteiger partial charge >= 0.3 is 0 Å². The zero-order chi connectivity index (χ0) is 20.8. The molecule has 0 unspecified atom stereocenters. The van der Waals surface area contributed by atoms with Crippen LogP contribution in [0.15, 0.2) is 90.0 Å². The first-order valence-corrected chi connectivity index (χ1v) is 9.63. The van der Waals surface area contributed by atoms with Crippen molar-refractivity contribution in [1.82, 2.24) is 14.5 Å². The maximum atomic E-state index is 13.0. The minimum absolute atomic E-state index is 0.183. The second-order valence-electron chi connectivity index (χ2n) is 6.81. The van der Waals surface area contributed by atoms with Gasteiger partial charge in [0.2, 0.25) is 5.88 Å². The van der Waals surface area contributed by atoms with Crippen LogP contribution in [0.2, 0.25) is 0 Å². The number of aromatic nitrogens is 3. The Labute approximate surface area is 174 Å². The molecule has 5 heteroatoms. The molecule has 0 N–H and O–H groups in total. The van der Waals surface area contributed by atoms with Crippen LogP contribution in [-0.4, -0.2) is 14.5 Å². The summed E-state index contributed by atoms with van der Waals surface area (Å²) in [5, 5.41) is 0.948. The molecule has 4 aromatic rings. The summed E-state index contributed by atoms with van der Waals surface area (Å²) in [6.07, 6.45) is 7.12. The fourth-order valence-corrected chi connectivity index (χ4v) is 3.04. The summed E-state index contributed by atoms with van der Waals surface area (Å²) < 4.78 is 7.64. The standard InChI is InChI=1S/C25H21N3O2/c1-28-23(17-20-10-6-3-7-11-20)24(30-18-21-12-14-26-15-13-21)27-22(25(28)29)16-19-8-4-2-5-9-19/h2-17H,18H2,1H3/b22-16-,23-17-. The van der Waals surface area contributed by atoms with Gasteiger partial charge in [0, 0.05) is 19.4 Å². The van der Waals surface area contributed by atoms with E-state index in [1.807, 2.05) is 78.9 Å². The Morgan fingerprint density at radius 3 is 2.10 bits per heavy atom. The predicted octanol–water partition coefficient (Wildman–Crippen LogP) is 2.41. The van der Waals surface area contributed by atoms with Gasteiger partial charge in [0.15, 0.2) is 0 Å². The molecule has 0 aliphatic carbocycles. The van der Waals surface area contributed by atoms with Crippen molar-refractivity contribution in [2.45, 2.75) is 6.61 Å². The van der Waals surface area contributed by atoms with Crippen molar-refractivity contribution in [3.05, 3.63) is 123 Å². The van der Waals surface area contributed by atoms with E-state index in [2.05, 4.69) is 9.97 Å². The summed E-state index contributed by atoms with van der Waals surface area (Å²) >= 11 is 0. The maximum Gasteiger partial charge on any atom is 0.276 e. The molecule has 30 heavy (non-hydrogen) atoms. The molecular formula is C25H21N3O2. The van der Waals surface area contributed by atoms with Crippen molar-refractivity contribution in [2.75, 3.05) is 0 Å². The fourth-order valence-electron chi connectivity index (χ4n) is 3.04. The van der Waals surface area contributed by atoms with Gasteiger partial charge in [-0.15, -0.1) is 0 Å². The lowest BCUT2D eigenvalue weighted by atomic mass is 10.2. The van der Waals surface area contributed by atoms with E-state index in [0.717, 1.165) is 16.7 Å². The highest BCUT2D eigenvalue weighted by Gasteiger charge is 2.08. The zero-order valence-electron chi connectivity index (χ0n) is 16.6. The summed E-state index contributed by atoms with van der Waals surface area (Å²) in [5.41, 5.74) is 2.65. The Morgan fingerprint density at radius 1 is 0.867 bits per heavy atom. The summed E-state index contributed by atoms with van der Waals surface area (Å²) in [5.74, 6) is 0.403. The van der Waals surface area contributed by atoms with Crippen LogP contribution >= 0.6 is 0 Å². The highest BCUT2D eigenvalue weighted by Crippen LogP contribution is 2.05. The van der Waals surface area contributed by atoms with E-state index in [0.29, 0.717) is 23.2 Å². The Hall–Kier alpha value is -3.99. The molecule has 0 amide bonds. The second-order valence-corrected chi connectivity index (χ2v) is 6.81. The molecule has 0 saturated heterocycles. The quantitative estimate of drug-likeness (QED) is 0.521. The van der Waals surface area contributed by atoms with Crippen molar-refractivity contribution < 1.29 is 4.74 Å². The number of benzene rings is 2. The summed E-state index contributed by atoms with van der Waals surface area (Å²) in [7, 11) is 1.74. The molecule has 0 atom stereocenters. The Balaban J connectivity index is 1.86. The molecule has 5 nitrogen and oxygen atoms in total. The third kappa shape index (κ3) is 4.52. The molecule has 4 rings (SSSR count). The molecule has 148 valence electrons. The van der Waals surface area contributed by atoms with Gasteiger partial charge in [-0.05, 0) is 41.0 Å². The smallest absolute Gasteiger partial charge is 0.276 e. The summed E-state index contributed by atoms with van der Waals surface area (Å²) in [4.78, 5) is 21.6. The summed E-state index contributed by atoms with van der Waals surface area (Å²) in [6.45, 7) is 0.328. The van der Waals surface area contributed by atoms with E-state index in [1.165, 1.54) is 0 Å². The van der Waals surface area contributed by atoms with Gasteiger partial charge in [0.1, 0.15) is 17.3 Å². The monoisotopic (exact) mass is 395 g/mol. The molecule has 0 aliphatic rings. The first-order valence-electron chi connectivity index (χ1n) is 9.63. The van der Waals surface area contributed by atoms with Gasteiger partial charge in [-0.2, -0.15) is 0 Å². The third-order valence-corrected chi connectivity index (χ3v) is 4.66. The molecule has 0 radical (unpaired) electrons. The Morgan fingerprint density at radius 2 is 1.47 bits per heavy atom. The van der Waals surface area contributed by atoms with Crippen LogP contribution in [0, 0.1) is 0 Å². The molecule has 0 spiro atoms. The van der Waals surface area contributed by atoms with Crippen molar-refractivity contribution in [1.29, 1.82) is 0 Å². The number of pyridine rings is 1. The summed E-state index contributed by atoms with van der Waals surface area (Å²) in [6, 6.07) is 23.2. The fraction of sp³-hybridized carbons (Fsp3) is 0.0800. The first kappa shape index (κ1) is 19.3. The minimum Gasteiger partial charge on any atom is -0.471 e. The lowest BCUT2D eigenvalue weighted by Crippen LogP contribution is -2.44. The van der Waals surface area contributed by atoms with Gasteiger partial charge in [-0.25, -0.2) is 4.98 Å². The maximum absolute atomic E-state index is 13.0. The molecule has 2 heterocycles. The van der Waals surface area contributed by atoms with Crippen molar-refractivity contribution in [3.8, 4) is 5.88 Å². The zero-order valence-corrected chi connectivity index (χ0v) is 16.6. The van der Waals surface area contributed by atoms with Gasteiger partial charge in [-0.3, -0.25) is 9.78 Å². The molecule has 2 aromatic carbocycles. The lowest BCUT2D eigenvalue weighted by molar-refractivity contribution is 0.285. The van der Waals surface area contributed by atoms with E-state index >= 15 is 0 Å². The molecule has 0 aliphatic heterocycles. The lowest BCUT2D eigenvalue weighted by Gasteiger charge is -2.09. The molecule has 0 bridgehead atoms. The number of ether oxygens (including phenoxy) is 1. The van der Waals surface area contributed by atoms with E-state index in [9.17, 15) is 4.79 Å². The average Bonchev–Trinajstić information content (AvgIpc) is 2.80. The van der Waals surface area contributed by atoms with E-state index in [4.69, 9.17) is 4.74 Å². The molecule has 2 aromatic heterocycles. The van der Waals surface area contributed by atoms with Gasteiger partial charge in [0.05, 0.1) is 0 Å². The number of rotatable bonds is 5. The highest BCUT2D eigenvalue weighted by atomic mass is 16.5. The topological polar surface area (TPSA) is 57.0 Å². The van der Waals surface area contributed by atoms with Gasteiger partial charge < -0.3 is 9.30 Å². The van der Waals surface area contributed by atoms with Crippen molar-refractivity contribution in [2.24, 2.45) is 7.05 Å². The SMILES string of the molecule is Cn1c(=O)/c(=C/c2ccccc2)nc(OCc2ccncc2)/c1=C/c1ccccc1. The number of hydrogen-bond donors (Lipinski definition) is 0. The van der Waals surface area contributed by atoms with Crippen molar-refractivity contribution >= 4 is 12.2 Å². The highest BCUT2D eigenvalue weighted by molar-refractivity contribution is 5.51. The second kappa shape index (κ2) is 9.01. The predicted molar refractivity (Wildman–Crippen MR) is 117 cm³/mol. The van der Waals surface area contributed by atoms with Crippen LogP contribution in [0.25, 0.3) is 12.2 Å². The normalized spacial score (nSPS) is 12.2.